The van der Waals surface area contributed by atoms with Gasteiger partial charge in [0.05, 0.1) is 0 Å². The van der Waals surface area contributed by atoms with Gasteiger partial charge in [0, 0.05) is 28.8 Å². The summed E-state index contributed by atoms with van der Waals surface area (Å²) in [4.78, 5) is 10.7. The molecule has 2 nitrogen and oxygen atoms in total. The fraction of sp³-hybridized carbons (Fsp3) is 0.0909. The van der Waals surface area contributed by atoms with Crippen LogP contribution >= 0.6 is 0 Å². The smallest absolute Gasteiger partial charge is 0.205 e. The Bertz CT molecular complexity index is 849. The molecule has 1 aromatic heterocycles. The number of aryl methyl sites for hydroxylation is 1. The number of rotatable bonds is 5. The lowest BCUT2D eigenvalue weighted by Gasteiger charge is -2.03. The van der Waals surface area contributed by atoms with E-state index in [1.807, 2.05) is 30.3 Å². The van der Waals surface area contributed by atoms with Crippen LogP contribution in [0.3, 0.4) is 0 Å². The SMILES string of the molecule is Cc1ccc(/C=C/c2ccc(C=O)cc2)[n+](Cc2ccccc2)c1. The first-order chi connectivity index (χ1) is 11.7. The third-order valence-electron chi connectivity index (χ3n) is 3.92. The Morgan fingerprint density at radius 1 is 0.833 bits per heavy atom. The molecule has 1 heterocycles. The molecule has 24 heavy (non-hydrogen) atoms. The standard InChI is InChI=1S/C22H20NO/c1-18-7-13-22(14-12-19-8-10-21(17-24)11-9-19)23(15-18)16-20-5-3-2-4-6-20/h2-15,17H,16H2,1H3/q+1/b14-12+. The van der Waals surface area contributed by atoms with E-state index in [4.69, 9.17) is 0 Å². The van der Waals surface area contributed by atoms with Crippen LogP contribution in [0.1, 0.15) is 32.7 Å². The van der Waals surface area contributed by atoms with Crippen LogP contribution in [0.25, 0.3) is 12.2 Å². The van der Waals surface area contributed by atoms with E-state index in [1.54, 1.807) is 0 Å². The molecule has 0 N–H and O–H groups in total. The third kappa shape index (κ3) is 4.05. The van der Waals surface area contributed by atoms with E-state index < -0.39 is 0 Å². The Hall–Kier alpha value is -3.00. The van der Waals surface area contributed by atoms with Gasteiger partial charge in [0.1, 0.15) is 6.29 Å². The first-order valence-electron chi connectivity index (χ1n) is 8.02. The van der Waals surface area contributed by atoms with E-state index in [9.17, 15) is 4.79 Å². The normalized spacial score (nSPS) is 10.9. The summed E-state index contributed by atoms with van der Waals surface area (Å²) >= 11 is 0. The minimum atomic E-state index is 0.696. The van der Waals surface area contributed by atoms with Crippen molar-refractivity contribution in [3.8, 4) is 0 Å². The molecule has 0 bridgehead atoms. The lowest BCUT2D eigenvalue weighted by molar-refractivity contribution is -0.690. The van der Waals surface area contributed by atoms with Crippen LogP contribution in [-0.2, 0) is 6.54 Å². The highest BCUT2D eigenvalue weighted by molar-refractivity contribution is 5.76. The Labute approximate surface area is 142 Å². The molecule has 0 amide bonds. The summed E-state index contributed by atoms with van der Waals surface area (Å²) in [6.07, 6.45) is 7.21. The summed E-state index contributed by atoms with van der Waals surface area (Å²) in [6.45, 7) is 2.94. The number of aromatic nitrogens is 1. The molecule has 0 unspecified atom stereocenters. The summed E-state index contributed by atoms with van der Waals surface area (Å²) in [5.41, 5.74) is 5.43. The van der Waals surface area contributed by atoms with Gasteiger partial charge in [-0.15, -0.1) is 0 Å². The van der Waals surface area contributed by atoms with Crippen LogP contribution < -0.4 is 4.57 Å². The van der Waals surface area contributed by atoms with Crippen molar-refractivity contribution in [2.75, 3.05) is 0 Å². The quantitative estimate of drug-likeness (QED) is 0.508. The molecule has 0 saturated carbocycles. The van der Waals surface area contributed by atoms with Crippen molar-refractivity contribution in [3.63, 3.8) is 0 Å². The summed E-state index contributed by atoms with van der Waals surface area (Å²) in [6, 6.07) is 22.3. The Morgan fingerprint density at radius 2 is 1.54 bits per heavy atom. The van der Waals surface area contributed by atoms with Crippen molar-refractivity contribution < 1.29 is 9.36 Å². The third-order valence-corrected chi connectivity index (χ3v) is 3.92. The van der Waals surface area contributed by atoms with E-state index >= 15 is 0 Å². The Balaban J connectivity index is 1.86. The first kappa shape index (κ1) is 15.9. The van der Waals surface area contributed by atoms with Gasteiger partial charge >= 0.3 is 0 Å². The van der Waals surface area contributed by atoms with Crippen LogP contribution in [0.15, 0.2) is 72.9 Å². The largest absolute Gasteiger partial charge is 0.298 e. The maximum Gasteiger partial charge on any atom is 0.205 e. The summed E-state index contributed by atoms with van der Waals surface area (Å²) in [5.74, 6) is 0. The van der Waals surface area contributed by atoms with E-state index in [1.165, 1.54) is 11.1 Å². The molecular formula is C22H20NO+. The fourth-order valence-electron chi connectivity index (χ4n) is 2.61. The maximum atomic E-state index is 10.7. The van der Waals surface area contributed by atoms with Crippen LogP contribution in [-0.4, -0.2) is 6.29 Å². The molecule has 2 aromatic carbocycles. The molecular weight excluding hydrogens is 294 g/mol. The summed E-state index contributed by atoms with van der Waals surface area (Å²) in [7, 11) is 0. The molecule has 3 aromatic rings. The van der Waals surface area contributed by atoms with Gasteiger partial charge in [-0.3, -0.25) is 4.79 Å². The average Bonchev–Trinajstić information content (AvgIpc) is 2.62. The zero-order chi connectivity index (χ0) is 16.8. The van der Waals surface area contributed by atoms with E-state index in [2.05, 4.69) is 66.2 Å². The van der Waals surface area contributed by atoms with Gasteiger partial charge in [0.2, 0.25) is 5.69 Å². The van der Waals surface area contributed by atoms with Crippen molar-refractivity contribution in [1.82, 2.24) is 0 Å². The second-order valence-electron chi connectivity index (χ2n) is 5.86. The zero-order valence-electron chi connectivity index (χ0n) is 13.7. The van der Waals surface area contributed by atoms with Gasteiger partial charge in [-0.05, 0) is 24.6 Å². The minimum absolute atomic E-state index is 0.696. The van der Waals surface area contributed by atoms with Gasteiger partial charge in [-0.25, -0.2) is 0 Å². The molecule has 3 rings (SSSR count). The molecule has 2 heteroatoms. The number of aldehydes is 1. The molecule has 118 valence electrons. The van der Waals surface area contributed by atoms with E-state index in [0.29, 0.717) is 5.56 Å². The van der Waals surface area contributed by atoms with Crippen molar-refractivity contribution in [2.45, 2.75) is 13.5 Å². The Morgan fingerprint density at radius 3 is 2.25 bits per heavy atom. The number of pyridine rings is 1. The van der Waals surface area contributed by atoms with E-state index in [0.717, 1.165) is 24.1 Å². The van der Waals surface area contributed by atoms with Crippen LogP contribution in [0.5, 0.6) is 0 Å². The Kier molecular flexibility index (Phi) is 4.97. The molecule has 0 aliphatic carbocycles. The van der Waals surface area contributed by atoms with Crippen LogP contribution in [0, 0.1) is 6.92 Å². The first-order valence-corrected chi connectivity index (χ1v) is 8.02. The van der Waals surface area contributed by atoms with Crippen LogP contribution in [0.4, 0.5) is 0 Å². The molecule has 0 atom stereocenters. The van der Waals surface area contributed by atoms with Gasteiger partial charge < -0.3 is 0 Å². The molecule has 0 aliphatic heterocycles. The zero-order valence-corrected chi connectivity index (χ0v) is 13.7. The number of hydrogen-bond acceptors (Lipinski definition) is 1. The van der Waals surface area contributed by atoms with Gasteiger partial charge in [0.15, 0.2) is 12.7 Å². The van der Waals surface area contributed by atoms with Crippen LogP contribution in [0.2, 0.25) is 0 Å². The molecule has 0 radical (unpaired) electrons. The number of benzene rings is 2. The van der Waals surface area contributed by atoms with Gasteiger partial charge in [-0.2, -0.15) is 4.57 Å². The average molecular weight is 314 g/mol. The van der Waals surface area contributed by atoms with Gasteiger partial charge in [0.25, 0.3) is 0 Å². The minimum Gasteiger partial charge on any atom is -0.298 e. The van der Waals surface area contributed by atoms with Crippen molar-refractivity contribution in [1.29, 1.82) is 0 Å². The molecule has 0 spiro atoms. The summed E-state index contributed by atoms with van der Waals surface area (Å²) in [5, 5.41) is 0. The lowest BCUT2D eigenvalue weighted by Crippen LogP contribution is -2.37. The lowest BCUT2D eigenvalue weighted by atomic mass is 10.1. The molecule has 0 aliphatic rings. The van der Waals surface area contributed by atoms with Crippen molar-refractivity contribution in [3.05, 3.63) is 101 Å². The van der Waals surface area contributed by atoms with Gasteiger partial charge in [-0.1, -0.05) is 54.6 Å². The topological polar surface area (TPSA) is 20.9 Å². The van der Waals surface area contributed by atoms with Crippen molar-refractivity contribution in [2.24, 2.45) is 0 Å². The molecule has 0 fully saturated rings. The number of carbonyl (C=O) groups excluding carboxylic acids is 1. The van der Waals surface area contributed by atoms with Crippen molar-refractivity contribution >= 4 is 18.4 Å². The fourth-order valence-corrected chi connectivity index (χ4v) is 2.61. The second-order valence-corrected chi connectivity index (χ2v) is 5.86. The highest BCUT2D eigenvalue weighted by atomic mass is 16.1. The number of carbonyl (C=O) groups is 1. The predicted octanol–water partition coefficient (Wildman–Crippen LogP) is 4.31. The summed E-state index contributed by atoms with van der Waals surface area (Å²) < 4.78 is 2.25. The number of hydrogen-bond donors (Lipinski definition) is 0. The highest BCUT2D eigenvalue weighted by Crippen LogP contribution is 2.09. The highest BCUT2D eigenvalue weighted by Gasteiger charge is 2.09. The number of nitrogens with zero attached hydrogens (tertiary/aromatic N) is 1. The maximum absolute atomic E-state index is 10.7. The predicted molar refractivity (Wildman–Crippen MR) is 97.7 cm³/mol. The second kappa shape index (κ2) is 7.51. The monoisotopic (exact) mass is 314 g/mol. The van der Waals surface area contributed by atoms with E-state index in [-0.39, 0.29) is 0 Å². The molecule has 0 saturated heterocycles.